The maximum Gasteiger partial charge on any atom is 0.490 e. The summed E-state index contributed by atoms with van der Waals surface area (Å²) < 4.78 is 32.7. The number of halogens is 3. The number of carbonyl (C=O) groups is 3. The number of carbonyl (C=O) groups excluding carboxylic acids is 2. The second-order valence-electron chi connectivity index (χ2n) is 7.71. The first kappa shape index (κ1) is 28.0. The summed E-state index contributed by atoms with van der Waals surface area (Å²) in [6.07, 6.45) is -2.26. The predicted octanol–water partition coefficient (Wildman–Crippen LogP) is 1.65. The fourth-order valence-electron chi connectivity index (χ4n) is 3.26. The average Bonchev–Trinajstić information content (AvgIpc) is 3.25. The number of fused-ring (bicyclic) bond motifs is 1. The number of piperidine rings is 1. The van der Waals surface area contributed by atoms with Crippen LogP contribution in [0.4, 0.5) is 13.2 Å². The summed E-state index contributed by atoms with van der Waals surface area (Å²) in [4.78, 5) is 43.1. The first-order valence-corrected chi connectivity index (χ1v) is 11.6. The summed E-state index contributed by atoms with van der Waals surface area (Å²) in [6.45, 7) is 1.98. The van der Waals surface area contributed by atoms with E-state index >= 15 is 0 Å². The van der Waals surface area contributed by atoms with Crippen LogP contribution in [-0.2, 0) is 9.59 Å². The monoisotopic (exact) mass is 516 g/mol. The number of Topliss-reactive ketones (excluding diaryl/α,β-unsaturated/α-hetero) is 1. The number of aliphatic carboxylic acids is 1. The summed E-state index contributed by atoms with van der Waals surface area (Å²) in [5, 5.41) is 13.7. The molecular weight excluding hydrogens is 489 g/mol. The van der Waals surface area contributed by atoms with Gasteiger partial charge in [-0.15, -0.1) is 11.3 Å². The van der Waals surface area contributed by atoms with E-state index in [1.165, 1.54) is 11.3 Å². The first-order chi connectivity index (χ1) is 16.5. The zero-order valence-corrected chi connectivity index (χ0v) is 19.5. The van der Waals surface area contributed by atoms with Gasteiger partial charge in [-0.25, -0.2) is 9.78 Å². The van der Waals surface area contributed by atoms with Crippen LogP contribution in [0, 0.1) is 5.92 Å². The molecule has 0 spiro atoms. The van der Waals surface area contributed by atoms with E-state index in [4.69, 9.17) is 21.4 Å². The largest absolute Gasteiger partial charge is 0.490 e. The van der Waals surface area contributed by atoms with Gasteiger partial charge in [0.1, 0.15) is 0 Å². The minimum absolute atomic E-state index is 0.0198. The zero-order valence-electron chi connectivity index (χ0n) is 18.7. The number of thiazole rings is 1. The van der Waals surface area contributed by atoms with E-state index in [0.29, 0.717) is 30.9 Å². The molecule has 35 heavy (non-hydrogen) atoms. The molecule has 3 rings (SSSR count). The lowest BCUT2D eigenvalue weighted by molar-refractivity contribution is -0.192. The fourth-order valence-corrected chi connectivity index (χ4v) is 4.22. The minimum atomic E-state index is -5.08. The smallest absolute Gasteiger partial charge is 0.475 e. The molecule has 1 saturated heterocycles. The molecular formula is C21H27F3N6O4S. The molecule has 2 atom stereocenters. The Morgan fingerprint density at radius 2 is 1.97 bits per heavy atom. The number of nitrogens with zero attached hydrogens (tertiary/aromatic N) is 2. The Labute approximate surface area is 203 Å². The maximum absolute atomic E-state index is 13.1. The topological polar surface area (TPSA) is 173 Å². The van der Waals surface area contributed by atoms with Crippen LogP contribution in [0.3, 0.4) is 0 Å². The number of alkyl halides is 3. The number of carboxylic acids is 1. The standard InChI is InChI=1S/C19H26N6O2S.C2HF3O2/c20-19(21)23-10-4-7-14(24-17(27)12-5-3-9-22-11-12)16(26)18-25-13-6-1-2-8-15(13)28-18;3-2(4,5)1(6)7/h1-2,6,8,12,14,22H,3-5,7,9-11H2,(H,24,27)(H4,20,21,23);(H,6,7)/t12-,14?;/m0./s1. The van der Waals surface area contributed by atoms with E-state index in [0.717, 1.165) is 29.6 Å². The summed E-state index contributed by atoms with van der Waals surface area (Å²) >= 11 is 1.35. The van der Waals surface area contributed by atoms with Gasteiger partial charge in [-0.3, -0.25) is 14.6 Å². The average molecular weight is 517 g/mol. The van der Waals surface area contributed by atoms with Gasteiger partial charge in [0.2, 0.25) is 11.7 Å². The highest BCUT2D eigenvalue weighted by atomic mass is 32.1. The molecule has 1 amide bonds. The number of nitrogens with one attached hydrogen (secondary N) is 2. The number of amides is 1. The molecule has 1 fully saturated rings. The van der Waals surface area contributed by atoms with Crippen molar-refractivity contribution < 1.29 is 32.7 Å². The Kier molecular flexibility index (Phi) is 10.4. The second kappa shape index (κ2) is 13.0. The lowest BCUT2D eigenvalue weighted by Crippen LogP contribution is -2.47. The van der Waals surface area contributed by atoms with E-state index in [2.05, 4.69) is 20.6 Å². The molecule has 1 unspecified atom stereocenters. The fraction of sp³-hybridized carbons (Fsp3) is 0.476. The Morgan fingerprint density at radius 1 is 1.29 bits per heavy atom. The molecule has 2 heterocycles. The molecule has 1 aromatic carbocycles. The van der Waals surface area contributed by atoms with Crippen LogP contribution in [-0.4, -0.2) is 65.6 Å². The molecule has 14 heteroatoms. The molecule has 2 aromatic rings. The van der Waals surface area contributed by atoms with Crippen molar-refractivity contribution >= 4 is 45.2 Å². The zero-order chi connectivity index (χ0) is 26.0. The molecule has 192 valence electrons. The highest BCUT2D eigenvalue weighted by Crippen LogP contribution is 2.23. The summed E-state index contributed by atoms with van der Waals surface area (Å²) in [5.74, 6) is -3.10. The second-order valence-corrected chi connectivity index (χ2v) is 8.74. The van der Waals surface area contributed by atoms with Crippen LogP contribution in [0.1, 0.15) is 35.5 Å². The van der Waals surface area contributed by atoms with Gasteiger partial charge in [-0.1, -0.05) is 12.1 Å². The minimum Gasteiger partial charge on any atom is -0.475 e. The molecule has 1 aromatic heterocycles. The molecule has 10 nitrogen and oxygen atoms in total. The number of rotatable bonds is 8. The lowest BCUT2D eigenvalue weighted by atomic mass is 9.97. The van der Waals surface area contributed by atoms with Crippen LogP contribution >= 0.6 is 11.3 Å². The van der Waals surface area contributed by atoms with Crippen LogP contribution < -0.4 is 22.1 Å². The Morgan fingerprint density at radius 3 is 2.54 bits per heavy atom. The van der Waals surface area contributed by atoms with Gasteiger partial charge in [0.05, 0.1) is 22.2 Å². The Bertz CT molecular complexity index is 1020. The van der Waals surface area contributed by atoms with Crippen LogP contribution in [0.15, 0.2) is 29.3 Å². The molecule has 0 saturated carbocycles. The van der Waals surface area contributed by atoms with E-state index in [1.807, 2.05) is 24.3 Å². The summed E-state index contributed by atoms with van der Waals surface area (Å²) in [5.41, 5.74) is 11.5. The van der Waals surface area contributed by atoms with E-state index in [9.17, 15) is 22.8 Å². The molecule has 0 aliphatic carbocycles. The van der Waals surface area contributed by atoms with Crippen molar-refractivity contribution in [3.8, 4) is 0 Å². The molecule has 7 N–H and O–H groups in total. The number of guanidine groups is 1. The van der Waals surface area contributed by atoms with Crippen molar-refractivity contribution in [3.63, 3.8) is 0 Å². The van der Waals surface area contributed by atoms with Crippen molar-refractivity contribution in [1.82, 2.24) is 15.6 Å². The number of aromatic nitrogens is 1. The van der Waals surface area contributed by atoms with Crippen molar-refractivity contribution in [1.29, 1.82) is 0 Å². The van der Waals surface area contributed by atoms with Crippen LogP contribution in [0.25, 0.3) is 10.2 Å². The highest BCUT2D eigenvalue weighted by molar-refractivity contribution is 7.20. The van der Waals surface area contributed by atoms with Gasteiger partial charge < -0.3 is 27.2 Å². The number of hydrogen-bond donors (Lipinski definition) is 5. The normalized spacial score (nSPS) is 16.5. The Hall–Kier alpha value is -3.26. The van der Waals surface area contributed by atoms with Gasteiger partial charge in [-0.2, -0.15) is 13.2 Å². The maximum atomic E-state index is 13.1. The molecule has 0 bridgehead atoms. The van der Waals surface area contributed by atoms with Crippen molar-refractivity contribution in [2.24, 2.45) is 22.4 Å². The summed E-state index contributed by atoms with van der Waals surface area (Å²) in [7, 11) is 0. The van der Waals surface area contributed by atoms with Crippen LogP contribution in [0.2, 0.25) is 0 Å². The number of ketones is 1. The first-order valence-electron chi connectivity index (χ1n) is 10.8. The number of carboxylic acid groups (broad SMARTS) is 1. The summed E-state index contributed by atoms with van der Waals surface area (Å²) in [6, 6.07) is 6.98. The van der Waals surface area contributed by atoms with E-state index < -0.39 is 18.2 Å². The van der Waals surface area contributed by atoms with Crippen molar-refractivity contribution in [2.45, 2.75) is 37.9 Å². The van der Waals surface area contributed by atoms with E-state index in [1.54, 1.807) is 0 Å². The third-order valence-corrected chi connectivity index (χ3v) is 6.04. The number of hydrogen-bond acceptors (Lipinski definition) is 7. The third kappa shape index (κ3) is 9.13. The van der Waals surface area contributed by atoms with Gasteiger partial charge in [-0.05, 0) is 44.4 Å². The van der Waals surface area contributed by atoms with E-state index in [-0.39, 0.29) is 23.6 Å². The van der Waals surface area contributed by atoms with Gasteiger partial charge in [0.15, 0.2) is 11.0 Å². The highest BCUT2D eigenvalue weighted by Gasteiger charge is 2.38. The van der Waals surface area contributed by atoms with Gasteiger partial charge in [0.25, 0.3) is 0 Å². The number of benzene rings is 1. The number of para-hydroxylation sites is 1. The van der Waals surface area contributed by atoms with Gasteiger partial charge >= 0.3 is 12.1 Å². The number of nitrogens with two attached hydrogens (primary N) is 2. The lowest BCUT2D eigenvalue weighted by Gasteiger charge is -2.24. The van der Waals surface area contributed by atoms with Gasteiger partial charge in [0, 0.05) is 13.1 Å². The quantitative estimate of drug-likeness (QED) is 0.152. The van der Waals surface area contributed by atoms with Crippen molar-refractivity contribution in [3.05, 3.63) is 29.3 Å². The van der Waals surface area contributed by atoms with Crippen molar-refractivity contribution in [2.75, 3.05) is 19.6 Å². The SMILES string of the molecule is NC(N)=NCCCC(NC(=O)[C@H]1CCCNC1)C(=O)c1nc2ccccc2s1.O=C(O)C(F)(F)F. The predicted molar refractivity (Wildman–Crippen MR) is 125 cm³/mol. The van der Waals surface area contributed by atoms with Crippen LogP contribution in [0.5, 0.6) is 0 Å². The Balaban J connectivity index is 0.000000540. The number of aliphatic imine (C=N–C) groups is 1. The molecule has 1 aliphatic heterocycles. The third-order valence-electron chi connectivity index (χ3n) is 4.99. The molecule has 0 radical (unpaired) electrons. The molecule has 1 aliphatic rings.